The fourth-order valence-electron chi connectivity index (χ4n) is 7.92. The molecule has 25 heteroatoms. The second-order valence-corrected chi connectivity index (χ2v) is 25.1. The number of ether oxygens (including phenoxy) is 9. The van der Waals surface area contributed by atoms with Gasteiger partial charge in [-0.25, -0.2) is 29.0 Å². The number of alkyl carbamates (subject to hydrolysis) is 1. The van der Waals surface area contributed by atoms with Gasteiger partial charge < -0.3 is 57.4 Å². The van der Waals surface area contributed by atoms with E-state index in [0.717, 1.165) is 33.5 Å². The maximum atomic E-state index is 15.0. The lowest BCUT2D eigenvalue weighted by molar-refractivity contribution is -0.149. The second kappa shape index (κ2) is 28.0. The Morgan fingerprint density at radius 3 is 1.63 bits per heavy atom. The number of amides is 6. The van der Waals surface area contributed by atoms with Gasteiger partial charge in [-0.15, -0.1) is 4.90 Å². The zero-order valence-electron chi connectivity index (χ0n) is 49.7. The number of imide groups is 2. The van der Waals surface area contributed by atoms with Crippen LogP contribution in [0.15, 0.2) is 54.9 Å². The molecule has 0 unspecified atom stereocenters. The molecule has 1 aliphatic rings. The van der Waals surface area contributed by atoms with E-state index in [1.807, 2.05) is 91.9 Å². The van der Waals surface area contributed by atoms with Crippen LogP contribution in [-0.2, 0) is 58.8 Å². The topological polar surface area (TPSA) is 268 Å². The molecule has 0 bridgehead atoms. The Balaban J connectivity index is 1.58. The highest BCUT2D eigenvalue weighted by atomic mass is 127. The third-order valence-corrected chi connectivity index (χ3v) is 11.5. The average Bonchev–Trinajstić information content (AvgIpc) is 4.12. The van der Waals surface area contributed by atoms with Gasteiger partial charge in [0.2, 0.25) is 11.9 Å². The maximum Gasteiger partial charge on any atom is 0.427 e. The van der Waals surface area contributed by atoms with Gasteiger partial charge in [0.05, 0.1) is 51.0 Å². The molecule has 0 fully saturated rings. The van der Waals surface area contributed by atoms with Crippen molar-refractivity contribution in [3.05, 3.63) is 66.0 Å². The SMILES string of the molecule is CC(C)(C)OCCOCCOC[C@H](CN(CC(=O)OCCI)C(=O)Cn1cnc2c(N(C(=O)OC(C)(C)C)C(=O)OC(C)(C)C)nc(N(C(=O)OC(C)(C)C)C(=O)OC(C)(C)C)nc21)NC(=O)OCC1c2ccccc2-c2ccccc21. The van der Waals surface area contributed by atoms with Crippen LogP contribution in [0.25, 0.3) is 22.3 Å². The number of carbonyl (C=O) groups is 7. The molecule has 5 rings (SSSR count). The van der Waals surface area contributed by atoms with Crippen molar-refractivity contribution in [2.45, 2.75) is 150 Å². The minimum Gasteiger partial charge on any atom is -0.464 e. The normalized spacial score (nSPS) is 13.1. The Bertz CT molecular complexity index is 2800. The minimum atomic E-state index is -1.32. The number of nitrogens with one attached hydrogen (secondary N) is 1. The first kappa shape index (κ1) is 66.1. The van der Waals surface area contributed by atoms with Gasteiger partial charge in [0, 0.05) is 16.9 Å². The van der Waals surface area contributed by atoms with Gasteiger partial charge in [0.25, 0.3) is 0 Å². The highest BCUT2D eigenvalue weighted by Gasteiger charge is 2.41. The quantitative estimate of drug-likeness (QED) is 0.0267. The summed E-state index contributed by atoms with van der Waals surface area (Å²) in [7, 11) is 0. The van der Waals surface area contributed by atoms with Crippen LogP contribution < -0.4 is 15.1 Å². The van der Waals surface area contributed by atoms with E-state index in [2.05, 4.69) is 20.3 Å². The van der Waals surface area contributed by atoms with Gasteiger partial charge in [0.15, 0.2) is 17.0 Å². The number of rotatable bonds is 21. The number of benzene rings is 2. The molecular formula is C57H79IN8O16. The molecule has 2 heterocycles. The molecule has 24 nitrogen and oxygen atoms in total. The largest absolute Gasteiger partial charge is 0.464 e. The molecule has 1 N–H and O–H groups in total. The monoisotopic (exact) mass is 1260 g/mol. The third kappa shape index (κ3) is 20.3. The summed E-state index contributed by atoms with van der Waals surface area (Å²) in [5, 5.41) is 2.83. The molecule has 1 atom stereocenters. The number of alkyl halides is 1. The molecule has 0 aliphatic heterocycles. The van der Waals surface area contributed by atoms with Crippen LogP contribution in [-0.4, -0.2) is 165 Å². The highest BCUT2D eigenvalue weighted by molar-refractivity contribution is 14.1. The number of hydrogen-bond acceptors (Lipinski definition) is 19. The summed E-state index contributed by atoms with van der Waals surface area (Å²) in [6.07, 6.45) is -4.92. The van der Waals surface area contributed by atoms with Crippen LogP contribution in [0, 0.1) is 0 Å². The molecule has 0 spiro atoms. The molecule has 6 amide bonds. The summed E-state index contributed by atoms with van der Waals surface area (Å²) in [5.74, 6) is -3.25. The Hall–Kier alpha value is -6.71. The zero-order chi connectivity index (χ0) is 61.0. The average molecular weight is 1260 g/mol. The number of esters is 1. The maximum absolute atomic E-state index is 15.0. The van der Waals surface area contributed by atoms with E-state index in [0.29, 0.717) is 27.4 Å². The van der Waals surface area contributed by atoms with Crippen LogP contribution in [0.3, 0.4) is 0 Å². The second-order valence-electron chi connectivity index (χ2n) is 24.0. The Morgan fingerprint density at radius 1 is 0.622 bits per heavy atom. The number of halogens is 1. The predicted molar refractivity (Wildman–Crippen MR) is 311 cm³/mol. The molecule has 1 aliphatic carbocycles. The van der Waals surface area contributed by atoms with Crippen LogP contribution in [0.1, 0.15) is 121 Å². The van der Waals surface area contributed by atoms with Crippen molar-refractivity contribution >= 4 is 87.9 Å². The predicted octanol–water partition coefficient (Wildman–Crippen LogP) is 9.74. The summed E-state index contributed by atoms with van der Waals surface area (Å²) in [6.45, 7) is 23.5. The van der Waals surface area contributed by atoms with E-state index >= 15 is 0 Å². The van der Waals surface area contributed by atoms with Crippen LogP contribution in [0.2, 0.25) is 0 Å². The van der Waals surface area contributed by atoms with Gasteiger partial charge in [-0.3, -0.25) is 9.59 Å². The van der Waals surface area contributed by atoms with Crippen molar-refractivity contribution in [2.75, 3.05) is 73.6 Å². The zero-order valence-corrected chi connectivity index (χ0v) is 51.8. The number of fused-ring (bicyclic) bond motifs is 4. The molecule has 4 aromatic rings. The van der Waals surface area contributed by atoms with Gasteiger partial charge in [-0.05, 0) is 126 Å². The lowest BCUT2D eigenvalue weighted by Gasteiger charge is -2.29. The molecular weight excluding hydrogens is 1180 g/mol. The number of anilines is 2. The Morgan fingerprint density at radius 2 is 1.12 bits per heavy atom. The smallest absolute Gasteiger partial charge is 0.427 e. The van der Waals surface area contributed by atoms with Crippen molar-refractivity contribution in [2.24, 2.45) is 0 Å². The lowest BCUT2D eigenvalue weighted by Crippen LogP contribution is -2.50. The highest BCUT2D eigenvalue weighted by Crippen LogP contribution is 2.44. The van der Waals surface area contributed by atoms with E-state index in [1.54, 1.807) is 83.1 Å². The molecule has 2 aromatic heterocycles. The molecule has 0 radical (unpaired) electrons. The summed E-state index contributed by atoms with van der Waals surface area (Å²) in [4.78, 5) is 114. The summed E-state index contributed by atoms with van der Waals surface area (Å²) in [5.41, 5.74) is -1.73. The number of carbonyl (C=O) groups excluding carboxylic acids is 7. The van der Waals surface area contributed by atoms with E-state index in [-0.39, 0.29) is 62.3 Å². The van der Waals surface area contributed by atoms with Crippen molar-refractivity contribution in [3.8, 4) is 11.1 Å². The molecule has 82 heavy (non-hydrogen) atoms. The number of aromatic nitrogens is 4. The van der Waals surface area contributed by atoms with E-state index < -0.39 is 95.6 Å². The van der Waals surface area contributed by atoms with Gasteiger partial charge in [-0.1, -0.05) is 71.1 Å². The fourth-order valence-corrected chi connectivity index (χ4v) is 8.14. The molecule has 0 saturated heterocycles. The first-order valence-electron chi connectivity index (χ1n) is 26.8. The van der Waals surface area contributed by atoms with Crippen molar-refractivity contribution in [1.82, 2.24) is 29.7 Å². The summed E-state index contributed by atoms with van der Waals surface area (Å²) in [6, 6.07) is 14.7. The number of hydrogen-bond donors (Lipinski definition) is 1. The fraction of sp³-hybridized carbons (Fsp3) is 0.579. The first-order valence-corrected chi connectivity index (χ1v) is 28.3. The van der Waals surface area contributed by atoms with Crippen molar-refractivity contribution < 1.29 is 76.2 Å². The molecule has 0 saturated carbocycles. The Kier molecular flexibility index (Phi) is 22.6. The van der Waals surface area contributed by atoms with Gasteiger partial charge in [-0.2, -0.15) is 14.9 Å². The van der Waals surface area contributed by atoms with E-state index in [4.69, 9.17) is 42.6 Å². The van der Waals surface area contributed by atoms with Crippen molar-refractivity contribution in [1.29, 1.82) is 0 Å². The van der Waals surface area contributed by atoms with Gasteiger partial charge >= 0.3 is 36.4 Å². The van der Waals surface area contributed by atoms with Crippen LogP contribution in [0.4, 0.5) is 35.7 Å². The van der Waals surface area contributed by atoms with Crippen LogP contribution in [0.5, 0.6) is 0 Å². The molecule has 2 aromatic carbocycles. The summed E-state index contributed by atoms with van der Waals surface area (Å²) < 4.78 is 53.0. The lowest BCUT2D eigenvalue weighted by atomic mass is 9.98. The summed E-state index contributed by atoms with van der Waals surface area (Å²) >= 11 is 2.03. The van der Waals surface area contributed by atoms with Gasteiger partial charge in [0.1, 0.15) is 48.7 Å². The third-order valence-electron chi connectivity index (χ3n) is 11.0. The first-order chi connectivity index (χ1) is 38.1. The minimum absolute atomic E-state index is 0.0265. The van der Waals surface area contributed by atoms with E-state index in [9.17, 15) is 33.6 Å². The number of nitrogens with zero attached hydrogens (tertiary/aromatic N) is 7. The van der Waals surface area contributed by atoms with Crippen molar-refractivity contribution in [3.63, 3.8) is 0 Å². The molecule has 450 valence electrons. The van der Waals surface area contributed by atoms with Crippen LogP contribution >= 0.6 is 22.6 Å². The standard InChI is InChI=1S/C57H79IN8O16/c1-53(2,3)78-29-28-74-26-27-75-33-36(60-48(69)77-34-41-39-22-18-16-20-37(39)38-21-17-19-23-40(38)41)30-63(32-43(68)76-25-24-58)42(67)31-64-35-59-44-45(64)61-47(66(51(72)81-56(10,11)12)52(73)82-57(13,14)15)62-46(44)65(49(70)79-54(4,5)6)50(71)80-55(7,8)9/h16-23,35-36,41H,24-34H2,1-15H3,(H,60,69)/t36-/m0/s1. The van der Waals surface area contributed by atoms with E-state index in [1.165, 1.54) is 4.57 Å². The Labute approximate surface area is 492 Å². The number of imidazole rings is 1.